The van der Waals surface area contributed by atoms with Crippen molar-refractivity contribution < 1.29 is 14.1 Å². The number of hydrogen-bond acceptors (Lipinski definition) is 7. The normalized spacial score (nSPS) is 12.1. The van der Waals surface area contributed by atoms with E-state index in [1.165, 1.54) is 6.33 Å². The Labute approximate surface area is 162 Å². The van der Waals surface area contributed by atoms with Crippen molar-refractivity contribution in [3.05, 3.63) is 42.0 Å². The van der Waals surface area contributed by atoms with Gasteiger partial charge >= 0.3 is 0 Å². The zero-order valence-corrected chi connectivity index (χ0v) is 16.2. The van der Waals surface area contributed by atoms with E-state index in [9.17, 15) is 4.79 Å². The molecule has 0 radical (unpaired) electrons. The van der Waals surface area contributed by atoms with Crippen molar-refractivity contribution >= 4 is 5.91 Å². The van der Waals surface area contributed by atoms with E-state index in [0.717, 1.165) is 11.3 Å². The lowest BCUT2D eigenvalue weighted by Crippen LogP contribution is -2.30. The molecule has 0 spiro atoms. The fraction of sp³-hybridized carbons (Fsp3) is 0.421. The number of aromatic amines is 1. The van der Waals surface area contributed by atoms with Crippen LogP contribution in [0.25, 0.3) is 11.6 Å². The molecule has 3 rings (SSSR count). The molecule has 9 heteroatoms. The maximum absolute atomic E-state index is 12.5. The molecule has 9 nitrogen and oxygen atoms in total. The maximum atomic E-state index is 12.5. The van der Waals surface area contributed by atoms with Crippen molar-refractivity contribution in [2.75, 3.05) is 7.11 Å². The van der Waals surface area contributed by atoms with Gasteiger partial charge in [-0.25, -0.2) is 4.98 Å². The van der Waals surface area contributed by atoms with Crippen LogP contribution in [0.5, 0.6) is 5.75 Å². The predicted molar refractivity (Wildman–Crippen MR) is 101 cm³/mol. The minimum atomic E-state index is -0.354. The lowest BCUT2D eigenvalue weighted by Gasteiger charge is -2.17. The molecule has 2 N–H and O–H groups in total. The summed E-state index contributed by atoms with van der Waals surface area (Å²) in [6.07, 6.45) is 3.06. The fourth-order valence-corrected chi connectivity index (χ4v) is 2.80. The first-order valence-electron chi connectivity index (χ1n) is 9.16. The highest BCUT2D eigenvalue weighted by atomic mass is 16.5. The SMILES string of the molecule is COc1ccc(CCC(=O)NC(CC(C)C)c2nc(-c3ncn[nH]3)no2)cc1. The number of carbonyl (C=O) groups excluding carboxylic acids is 1. The van der Waals surface area contributed by atoms with Crippen LogP contribution >= 0.6 is 0 Å². The van der Waals surface area contributed by atoms with Crippen molar-refractivity contribution in [2.24, 2.45) is 5.92 Å². The number of benzene rings is 1. The van der Waals surface area contributed by atoms with Gasteiger partial charge in [-0.2, -0.15) is 10.1 Å². The molecule has 148 valence electrons. The zero-order valence-electron chi connectivity index (χ0n) is 16.2. The number of H-pyrrole nitrogens is 1. The van der Waals surface area contributed by atoms with Crippen molar-refractivity contribution in [2.45, 2.75) is 39.2 Å². The molecule has 0 aliphatic heterocycles. The Hall–Kier alpha value is -3.23. The highest BCUT2D eigenvalue weighted by Crippen LogP contribution is 2.22. The molecule has 0 aliphatic carbocycles. The van der Waals surface area contributed by atoms with E-state index in [4.69, 9.17) is 9.26 Å². The number of hydrogen-bond donors (Lipinski definition) is 2. The molecule has 0 fully saturated rings. The van der Waals surface area contributed by atoms with E-state index < -0.39 is 0 Å². The average Bonchev–Trinajstić information content (AvgIpc) is 3.37. The summed E-state index contributed by atoms with van der Waals surface area (Å²) in [5.74, 6) is 2.16. The monoisotopic (exact) mass is 384 g/mol. The number of nitrogens with one attached hydrogen (secondary N) is 2. The highest BCUT2D eigenvalue weighted by molar-refractivity contribution is 5.76. The van der Waals surface area contributed by atoms with Crippen LogP contribution in [0.1, 0.15) is 44.2 Å². The Kier molecular flexibility index (Phi) is 6.36. The molecule has 0 aliphatic rings. The first kappa shape index (κ1) is 19.5. The van der Waals surface area contributed by atoms with Gasteiger partial charge in [0.15, 0.2) is 5.82 Å². The summed E-state index contributed by atoms with van der Waals surface area (Å²) in [6, 6.07) is 7.34. The molecular weight excluding hydrogens is 360 g/mol. The topological polar surface area (TPSA) is 119 Å². The average molecular weight is 384 g/mol. The van der Waals surface area contributed by atoms with Crippen LogP contribution in [0.15, 0.2) is 35.1 Å². The zero-order chi connectivity index (χ0) is 19.9. The van der Waals surface area contributed by atoms with Gasteiger partial charge in [0.2, 0.25) is 17.6 Å². The smallest absolute Gasteiger partial charge is 0.249 e. The molecule has 0 bridgehead atoms. The van der Waals surface area contributed by atoms with Crippen molar-refractivity contribution in [1.82, 2.24) is 30.6 Å². The Bertz CT molecular complexity index is 873. The van der Waals surface area contributed by atoms with Gasteiger partial charge in [0.1, 0.15) is 18.1 Å². The third-order valence-corrected chi connectivity index (χ3v) is 4.21. The van der Waals surface area contributed by atoms with Crippen LogP contribution in [-0.2, 0) is 11.2 Å². The van der Waals surface area contributed by atoms with Crippen molar-refractivity contribution in [1.29, 1.82) is 0 Å². The maximum Gasteiger partial charge on any atom is 0.249 e. The van der Waals surface area contributed by atoms with E-state index in [-0.39, 0.29) is 11.9 Å². The number of methoxy groups -OCH3 is 1. The van der Waals surface area contributed by atoms with E-state index in [2.05, 4.69) is 44.5 Å². The van der Waals surface area contributed by atoms with Crippen LogP contribution < -0.4 is 10.1 Å². The quantitative estimate of drug-likeness (QED) is 0.582. The molecule has 1 unspecified atom stereocenters. The summed E-state index contributed by atoms with van der Waals surface area (Å²) in [5.41, 5.74) is 1.07. The molecule has 3 aromatic rings. The molecule has 1 atom stereocenters. The number of aromatic nitrogens is 5. The van der Waals surface area contributed by atoms with E-state index in [0.29, 0.717) is 42.7 Å². The number of nitrogens with zero attached hydrogens (tertiary/aromatic N) is 4. The summed E-state index contributed by atoms with van der Waals surface area (Å²) >= 11 is 0. The summed E-state index contributed by atoms with van der Waals surface area (Å²) in [5, 5.41) is 13.4. The minimum absolute atomic E-state index is 0.0686. The molecule has 2 aromatic heterocycles. The van der Waals surface area contributed by atoms with Gasteiger partial charge in [-0.3, -0.25) is 9.89 Å². The van der Waals surface area contributed by atoms with Gasteiger partial charge < -0.3 is 14.6 Å². The van der Waals surface area contributed by atoms with Crippen LogP contribution in [0.4, 0.5) is 0 Å². The molecule has 2 heterocycles. The van der Waals surface area contributed by atoms with E-state index in [1.54, 1.807) is 7.11 Å². The van der Waals surface area contributed by atoms with E-state index in [1.807, 2.05) is 24.3 Å². The molecule has 0 saturated carbocycles. The van der Waals surface area contributed by atoms with Crippen LogP contribution in [0, 0.1) is 5.92 Å². The molecule has 28 heavy (non-hydrogen) atoms. The minimum Gasteiger partial charge on any atom is -0.497 e. The second kappa shape index (κ2) is 9.12. The van der Waals surface area contributed by atoms with E-state index >= 15 is 0 Å². The second-order valence-electron chi connectivity index (χ2n) is 6.89. The highest BCUT2D eigenvalue weighted by Gasteiger charge is 2.23. The lowest BCUT2D eigenvalue weighted by molar-refractivity contribution is -0.122. The third kappa shape index (κ3) is 5.15. The van der Waals surface area contributed by atoms with Crippen molar-refractivity contribution in [3.8, 4) is 17.4 Å². The summed E-state index contributed by atoms with van der Waals surface area (Å²) in [7, 11) is 1.63. The predicted octanol–water partition coefficient (Wildman–Crippen LogP) is 2.70. The Morgan fingerprint density at radius 3 is 2.71 bits per heavy atom. The van der Waals surface area contributed by atoms with Gasteiger partial charge in [0, 0.05) is 6.42 Å². The van der Waals surface area contributed by atoms with Crippen molar-refractivity contribution in [3.63, 3.8) is 0 Å². The molecule has 1 aromatic carbocycles. The van der Waals surface area contributed by atoms with Gasteiger partial charge in [-0.1, -0.05) is 31.1 Å². The summed E-state index contributed by atoms with van der Waals surface area (Å²) in [4.78, 5) is 20.9. The number of amides is 1. The van der Waals surface area contributed by atoms with Gasteiger partial charge in [0.25, 0.3) is 0 Å². The van der Waals surface area contributed by atoms with Crippen LogP contribution in [0.3, 0.4) is 0 Å². The summed E-state index contributed by atoms with van der Waals surface area (Å²) < 4.78 is 10.5. The second-order valence-corrected chi connectivity index (χ2v) is 6.89. The van der Waals surface area contributed by atoms with Gasteiger partial charge in [-0.05, 0) is 36.5 Å². The molecule has 0 saturated heterocycles. The van der Waals surface area contributed by atoms with Gasteiger partial charge in [-0.15, -0.1) is 0 Å². The third-order valence-electron chi connectivity index (χ3n) is 4.21. The number of ether oxygens (including phenoxy) is 1. The molecular formula is C19H24N6O3. The lowest BCUT2D eigenvalue weighted by atomic mass is 10.0. The fourth-order valence-electron chi connectivity index (χ4n) is 2.80. The van der Waals surface area contributed by atoms with Gasteiger partial charge in [0.05, 0.1) is 7.11 Å². The Balaban J connectivity index is 1.62. The first-order chi connectivity index (χ1) is 13.5. The first-order valence-corrected chi connectivity index (χ1v) is 9.16. The Morgan fingerprint density at radius 2 is 2.07 bits per heavy atom. The summed E-state index contributed by atoms with van der Waals surface area (Å²) in [6.45, 7) is 4.15. The largest absolute Gasteiger partial charge is 0.497 e. The number of aryl methyl sites for hydroxylation is 1. The van der Waals surface area contributed by atoms with Crippen LogP contribution in [0.2, 0.25) is 0 Å². The standard InChI is InChI=1S/C19H24N6O3/c1-12(2)10-15(19-23-18(25-28-19)17-20-11-21-24-17)22-16(26)9-6-13-4-7-14(27-3)8-5-13/h4-5,7-8,11-12,15H,6,9-10H2,1-3H3,(H,22,26)(H,20,21,24). The van der Waals surface area contributed by atoms with Crippen LogP contribution in [-0.4, -0.2) is 38.3 Å². The number of carbonyl (C=O) groups is 1. The molecule has 1 amide bonds. The Morgan fingerprint density at radius 1 is 1.29 bits per heavy atom. The number of rotatable bonds is 9.